The summed E-state index contributed by atoms with van der Waals surface area (Å²) in [7, 11) is 1.93. The summed E-state index contributed by atoms with van der Waals surface area (Å²) in [5.74, 6) is 0.867. The van der Waals surface area contributed by atoms with Crippen molar-refractivity contribution in [3.63, 3.8) is 0 Å². The average Bonchev–Trinajstić information content (AvgIpc) is 2.90. The normalized spacial score (nSPS) is 12.2. The van der Waals surface area contributed by atoms with Crippen molar-refractivity contribution >= 4 is 5.96 Å². The van der Waals surface area contributed by atoms with E-state index < -0.39 is 12.8 Å². The molecule has 0 radical (unpaired) electrons. The first-order valence-electron chi connectivity index (χ1n) is 9.49. The molecule has 160 valence electrons. The number of aromatic nitrogens is 2. The van der Waals surface area contributed by atoms with Crippen LogP contribution in [0.5, 0.6) is 5.75 Å². The summed E-state index contributed by atoms with van der Waals surface area (Å²) in [6.45, 7) is 6.58. The predicted molar refractivity (Wildman–Crippen MR) is 107 cm³/mol. The lowest BCUT2D eigenvalue weighted by Crippen LogP contribution is -2.38. The minimum Gasteiger partial charge on any atom is -0.484 e. The average molecular weight is 411 g/mol. The molecule has 6 nitrogen and oxygen atoms in total. The third-order valence-electron chi connectivity index (χ3n) is 4.42. The van der Waals surface area contributed by atoms with Gasteiger partial charge >= 0.3 is 6.18 Å². The van der Waals surface area contributed by atoms with Gasteiger partial charge in [-0.2, -0.15) is 18.3 Å². The minimum atomic E-state index is -4.34. The third-order valence-corrected chi connectivity index (χ3v) is 4.42. The molecular formula is C20H28F3N5O. The lowest BCUT2D eigenvalue weighted by molar-refractivity contribution is -0.153. The van der Waals surface area contributed by atoms with Crippen LogP contribution in [0.4, 0.5) is 13.2 Å². The second-order valence-corrected chi connectivity index (χ2v) is 6.69. The Kier molecular flexibility index (Phi) is 7.92. The van der Waals surface area contributed by atoms with E-state index in [1.54, 1.807) is 12.1 Å². The van der Waals surface area contributed by atoms with Gasteiger partial charge in [0.15, 0.2) is 12.6 Å². The Morgan fingerprint density at radius 3 is 2.41 bits per heavy atom. The maximum absolute atomic E-state index is 12.2. The summed E-state index contributed by atoms with van der Waals surface area (Å²) >= 11 is 0. The quantitative estimate of drug-likeness (QED) is 0.517. The molecular weight excluding hydrogens is 383 g/mol. The number of aliphatic imine (C=N–C) groups is 1. The van der Waals surface area contributed by atoms with Crippen LogP contribution in [0.15, 0.2) is 29.3 Å². The first-order chi connectivity index (χ1) is 13.7. The molecule has 9 heteroatoms. The second-order valence-electron chi connectivity index (χ2n) is 6.69. The number of nitrogens with one attached hydrogen (secondary N) is 2. The van der Waals surface area contributed by atoms with Crippen LogP contribution in [0.25, 0.3) is 0 Å². The molecule has 0 unspecified atom stereocenters. The van der Waals surface area contributed by atoms with Gasteiger partial charge in [-0.05, 0) is 50.5 Å². The van der Waals surface area contributed by atoms with Crippen LogP contribution in [0, 0.1) is 13.8 Å². The van der Waals surface area contributed by atoms with E-state index in [4.69, 9.17) is 4.74 Å². The Morgan fingerprint density at radius 1 is 1.17 bits per heavy atom. The van der Waals surface area contributed by atoms with E-state index in [1.165, 1.54) is 17.7 Å². The fraction of sp³-hybridized carbons (Fsp3) is 0.500. The van der Waals surface area contributed by atoms with Crippen LogP contribution in [-0.4, -0.2) is 41.6 Å². The molecule has 1 heterocycles. The van der Waals surface area contributed by atoms with Crippen LogP contribution in [0.2, 0.25) is 0 Å². The van der Waals surface area contributed by atoms with Gasteiger partial charge in [0.05, 0.1) is 12.2 Å². The van der Waals surface area contributed by atoms with Crippen molar-refractivity contribution in [2.75, 3.05) is 19.7 Å². The summed E-state index contributed by atoms with van der Waals surface area (Å²) in [4.78, 5) is 4.53. The third kappa shape index (κ3) is 7.32. The van der Waals surface area contributed by atoms with Crippen LogP contribution in [-0.2, 0) is 20.0 Å². The van der Waals surface area contributed by atoms with Gasteiger partial charge in [0.2, 0.25) is 0 Å². The molecule has 0 saturated carbocycles. The smallest absolute Gasteiger partial charge is 0.422 e. The lowest BCUT2D eigenvalue weighted by Gasteiger charge is -2.12. The highest BCUT2D eigenvalue weighted by atomic mass is 19.4. The zero-order chi connectivity index (χ0) is 21.4. The van der Waals surface area contributed by atoms with Crippen molar-refractivity contribution < 1.29 is 17.9 Å². The molecule has 0 aliphatic heterocycles. The highest BCUT2D eigenvalue weighted by Crippen LogP contribution is 2.19. The highest BCUT2D eigenvalue weighted by Gasteiger charge is 2.28. The Balaban J connectivity index is 1.89. The summed E-state index contributed by atoms with van der Waals surface area (Å²) in [5.41, 5.74) is 4.28. The first-order valence-corrected chi connectivity index (χ1v) is 9.49. The number of nitrogens with zero attached hydrogens (tertiary/aromatic N) is 3. The van der Waals surface area contributed by atoms with Crippen molar-refractivity contribution in [1.29, 1.82) is 0 Å². The van der Waals surface area contributed by atoms with E-state index in [1.807, 2.05) is 25.6 Å². The van der Waals surface area contributed by atoms with E-state index >= 15 is 0 Å². The maximum Gasteiger partial charge on any atom is 0.422 e. The van der Waals surface area contributed by atoms with E-state index in [-0.39, 0.29) is 5.75 Å². The van der Waals surface area contributed by atoms with Gasteiger partial charge in [0, 0.05) is 25.8 Å². The van der Waals surface area contributed by atoms with Crippen molar-refractivity contribution in [1.82, 2.24) is 20.4 Å². The molecule has 2 N–H and O–H groups in total. The van der Waals surface area contributed by atoms with Gasteiger partial charge in [-0.1, -0.05) is 12.1 Å². The van der Waals surface area contributed by atoms with Gasteiger partial charge in [-0.25, -0.2) is 4.99 Å². The molecule has 0 aliphatic carbocycles. The maximum atomic E-state index is 12.2. The molecule has 2 rings (SSSR count). The molecule has 0 fully saturated rings. The number of rotatable bonds is 8. The molecule has 2 aromatic rings. The molecule has 1 aromatic carbocycles. The number of halogens is 3. The number of alkyl halides is 3. The van der Waals surface area contributed by atoms with Crippen LogP contribution in [0.1, 0.15) is 29.4 Å². The number of hydrogen-bond acceptors (Lipinski definition) is 3. The zero-order valence-electron chi connectivity index (χ0n) is 17.2. The number of ether oxygens (including phenoxy) is 1. The van der Waals surface area contributed by atoms with E-state index in [0.29, 0.717) is 19.0 Å². The van der Waals surface area contributed by atoms with Crippen molar-refractivity contribution in [2.45, 2.75) is 39.9 Å². The van der Waals surface area contributed by atoms with Crippen LogP contribution >= 0.6 is 0 Å². The van der Waals surface area contributed by atoms with E-state index in [0.717, 1.165) is 29.9 Å². The van der Waals surface area contributed by atoms with Gasteiger partial charge in [0.1, 0.15) is 5.75 Å². The molecule has 0 saturated heterocycles. The van der Waals surface area contributed by atoms with Gasteiger partial charge in [0.25, 0.3) is 0 Å². The number of hydrogen-bond donors (Lipinski definition) is 2. The Labute approximate surface area is 169 Å². The Bertz CT molecular complexity index is 813. The minimum absolute atomic E-state index is 0.183. The molecule has 0 bridgehead atoms. The summed E-state index contributed by atoms with van der Waals surface area (Å²) < 4.78 is 43.2. The van der Waals surface area contributed by atoms with Gasteiger partial charge in [-0.15, -0.1) is 0 Å². The van der Waals surface area contributed by atoms with Crippen molar-refractivity contribution in [3.05, 3.63) is 46.8 Å². The molecule has 0 amide bonds. The van der Waals surface area contributed by atoms with Crippen LogP contribution < -0.4 is 15.4 Å². The fourth-order valence-corrected chi connectivity index (χ4v) is 2.85. The lowest BCUT2D eigenvalue weighted by atomic mass is 10.1. The van der Waals surface area contributed by atoms with E-state index in [9.17, 15) is 13.2 Å². The summed E-state index contributed by atoms with van der Waals surface area (Å²) in [6.07, 6.45) is -3.51. The topological polar surface area (TPSA) is 63.5 Å². The van der Waals surface area contributed by atoms with Gasteiger partial charge in [-0.3, -0.25) is 4.68 Å². The Hall–Kier alpha value is -2.71. The predicted octanol–water partition coefficient (Wildman–Crippen LogP) is 3.28. The molecule has 0 atom stereocenters. The zero-order valence-corrected chi connectivity index (χ0v) is 17.2. The molecule has 1 aromatic heterocycles. The van der Waals surface area contributed by atoms with Crippen molar-refractivity contribution in [3.8, 4) is 5.75 Å². The van der Waals surface area contributed by atoms with Gasteiger partial charge < -0.3 is 15.4 Å². The summed E-state index contributed by atoms with van der Waals surface area (Å²) in [6, 6.07) is 6.46. The molecule has 0 spiro atoms. The number of benzene rings is 1. The first kappa shape index (κ1) is 22.6. The Morgan fingerprint density at radius 2 is 1.86 bits per heavy atom. The second kappa shape index (κ2) is 10.2. The fourth-order valence-electron chi connectivity index (χ4n) is 2.85. The van der Waals surface area contributed by atoms with E-state index in [2.05, 4.69) is 27.6 Å². The van der Waals surface area contributed by atoms with Crippen molar-refractivity contribution in [2.24, 2.45) is 12.0 Å². The summed E-state index contributed by atoms with van der Waals surface area (Å²) in [5, 5.41) is 10.9. The standard InChI is InChI=1S/C20H28F3N5O/c1-5-24-19(25-11-10-18-14(2)27-28(4)15(18)3)26-12-16-6-8-17(9-7-16)29-13-20(21,22)23/h6-9H,5,10-13H2,1-4H3,(H2,24,25,26). The van der Waals surface area contributed by atoms with Crippen LogP contribution in [0.3, 0.4) is 0 Å². The monoisotopic (exact) mass is 411 g/mol. The number of aryl methyl sites for hydroxylation is 2. The highest BCUT2D eigenvalue weighted by molar-refractivity contribution is 5.79. The molecule has 0 aliphatic rings. The SMILES string of the molecule is CCNC(=NCc1ccc(OCC(F)(F)F)cc1)NCCc1c(C)nn(C)c1C. The largest absolute Gasteiger partial charge is 0.484 e. The number of guanidine groups is 1. The molecule has 29 heavy (non-hydrogen) atoms.